The first-order valence-corrected chi connectivity index (χ1v) is 9.09. The molecule has 0 amide bonds. The number of aryl methyl sites for hydroxylation is 1. The van der Waals surface area contributed by atoms with Gasteiger partial charge in [-0.1, -0.05) is 23.8 Å². The molecule has 0 bridgehead atoms. The molecule has 4 aromatic rings. The van der Waals surface area contributed by atoms with Gasteiger partial charge in [0.1, 0.15) is 5.82 Å². The first-order chi connectivity index (χ1) is 14.4. The summed E-state index contributed by atoms with van der Waals surface area (Å²) in [6.45, 7) is 1.99. The molecular formula is C22H16N4O4. The molecule has 0 saturated carbocycles. The van der Waals surface area contributed by atoms with E-state index in [-0.39, 0.29) is 11.4 Å². The average Bonchev–Trinajstić information content (AvgIpc) is 3.10. The van der Waals surface area contributed by atoms with Crippen molar-refractivity contribution < 1.29 is 9.85 Å². The van der Waals surface area contributed by atoms with Gasteiger partial charge in [-0.3, -0.25) is 24.8 Å². The number of imidazole rings is 1. The van der Waals surface area contributed by atoms with Gasteiger partial charge in [-0.15, -0.1) is 0 Å². The Morgan fingerprint density at radius 3 is 2.10 bits per heavy atom. The molecule has 0 fully saturated rings. The molecule has 0 N–H and O–H groups in total. The molecule has 0 aliphatic rings. The highest BCUT2D eigenvalue weighted by atomic mass is 16.6. The summed E-state index contributed by atoms with van der Waals surface area (Å²) < 4.78 is 1.92. The van der Waals surface area contributed by atoms with Gasteiger partial charge in [0, 0.05) is 30.0 Å². The SMILES string of the molecule is Cc1ccc(-n2c(/C=C/c3ccc([N+](=O)[O-])cc3)nc3cc([N+](=O)[O-])ccc32)cc1. The van der Waals surface area contributed by atoms with Crippen molar-refractivity contribution in [1.29, 1.82) is 0 Å². The van der Waals surface area contributed by atoms with Gasteiger partial charge in [-0.25, -0.2) is 4.98 Å². The summed E-state index contributed by atoms with van der Waals surface area (Å²) in [5, 5.41) is 22.0. The Labute approximate surface area is 171 Å². The van der Waals surface area contributed by atoms with E-state index in [2.05, 4.69) is 4.98 Å². The van der Waals surface area contributed by atoms with Crippen LogP contribution >= 0.6 is 0 Å². The van der Waals surface area contributed by atoms with E-state index in [1.54, 1.807) is 30.4 Å². The van der Waals surface area contributed by atoms with Crippen molar-refractivity contribution in [3.8, 4) is 5.69 Å². The predicted octanol–water partition coefficient (Wildman–Crippen LogP) is 5.32. The van der Waals surface area contributed by atoms with E-state index < -0.39 is 9.85 Å². The van der Waals surface area contributed by atoms with Gasteiger partial charge in [0.05, 0.1) is 20.9 Å². The van der Waals surface area contributed by atoms with Crippen molar-refractivity contribution in [3.63, 3.8) is 0 Å². The van der Waals surface area contributed by atoms with Gasteiger partial charge in [-0.05, 0) is 48.9 Å². The van der Waals surface area contributed by atoms with E-state index in [0.717, 1.165) is 22.3 Å². The van der Waals surface area contributed by atoms with Gasteiger partial charge in [0.25, 0.3) is 11.4 Å². The molecule has 0 spiro atoms. The van der Waals surface area contributed by atoms with Crippen molar-refractivity contribution in [2.75, 3.05) is 0 Å². The fourth-order valence-electron chi connectivity index (χ4n) is 3.16. The normalized spacial score (nSPS) is 11.2. The average molecular weight is 400 g/mol. The van der Waals surface area contributed by atoms with Crippen molar-refractivity contribution in [3.05, 3.63) is 104 Å². The van der Waals surface area contributed by atoms with Crippen LogP contribution < -0.4 is 0 Å². The molecule has 4 rings (SSSR count). The Morgan fingerprint density at radius 1 is 0.833 bits per heavy atom. The highest BCUT2D eigenvalue weighted by Crippen LogP contribution is 2.26. The van der Waals surface area contributed by atoms with E-state index in [9.17, 15) is 20.2 Å². The predicted molar refractivity (Wildman–Crippen MR) is 114 cm³/mol. The summed E-state index contributed by atoms with van der Waals surface area (Å²) in [4.78, 5) is 25.6. The molecule has 0 radical (unpaired) electrons. The monoisotopic (exact) mass is 400 g/mol. The molecule has 148 valence electrons. The van der Waals surface area contributed by atoms with Crippen LogP contribution in [-0.2, 0) is 0 Å². The zero-order valence-electron chi connectivity index (χ0n) is 15.9. The molecule has 8 nitrogen and oxygen atoms in total. The Morgan fingerprint density at radius 2 is 1.47 bits per heavy atom. The number of nitro benzene ring substituents is 2. The standard InChI is InChI=1S/C22H16N4O4/c1-15-2-7-17(8-3-15)24-21-12-11-19(26(29)30)14-20(21)23-22(24)13-6-16-4-9-18(10-5-16)25(27)28/h2-14H,1H3/b13-6+. The minimum atomic E-state index is -0.448. The highest BCUT2D eigenvalue weighted by molar-refractivity contribution is 5.84. The third-order valence-electron chi connectivity index (χ3n) is 4.70. The maximum atomic E-state index is 11.1. The second kappa shape index (κ2) is 7.59. The Balaban J connectivity index is 1.82. The van der Waals surface area contributed by atoms with Crippen LogP contribution in [0.5, 0.6) is 0 Å². The fraction of sp³-hybridized carbons (Fsp3) is 0.0455. The molecule has 30 heavy (non-hydrogen) atoms. The largest absolute Gasteiger partial charge is 0.293 e. The number of nitro groups is 2. The number of aromatic nitrogens is 2. The van der Waals surface area contributed by atoms with Gasteiger partial charge < -0.3 is 0 Å². The molecule has 0 saturated heterocycles. The number of hydrogen-bond donors (Lipinski definition) is 0. The quantitative estimate of drug-likeness (QED) is 0.333. The summed E-state index contributed by atoms with van der Waals surface area (Å²) in [6, 6.07) is 18.6. The minimum absolute atomic E-state index is 0.0198. The van der Waals surface area contributed by atoms with E-state index in [1.165, 1.54) is 24.3 Å². The number of fused-ring (bicyclic) bond motifs is 1. The Kier molecular flexibility index (Phi) is 4.81. The van der Waals surface area contributed by atoms with Crippen LogP contribution in [-0.4, -0.2) is 19.4 Å². The molecule has 8 heteroatoms. The maximum Gasteiger partial charge on any atom is 0.271 e. The summed E-state index contributed by atoms with van der Waals surface area (Å²) in [7, 11) is 0. The number of rotatable bonds is 5. The van der Waals surface area contributed by atoms with E-state index in [0.29, 0.717) is 11.3 Å². The molecular weight excluding hydrogens is 384 g/mol. The van der Waals surface area contributed by atoms with Crippen LogP contribution in [0.1, 0.15) is 17.0 Å². The number of hydrogen-bond acceptors (Lipinski definition) is 5. The highest BCUT2D eigenvalue weighted by Gasteiger charge is 2.14. The van der Waals surface area contributed by atoms with Crippen LogP contribution in [0.2, 0.25) is 0 Å². The van der Waals surface area contributed by atoms with Crippen molar-refractivity contribution in [1.82, 2.24) is 9.55 Å². The Bertz CT molecular complexity index is 1290. The van der Waals surface area contributed by atoms with Gasteiger partial charge >= 0.3 is 0 Å². The second-order valence-corrected chi connectivity index (χ2v) is 6.75. The minimum Gasteiger partial charge on any atom is -0.293 e. The molecule has 3 aromatic carbocycles. The number of non-ortho nitro benzene ring substituents is 2. The number of benzene rings is 3. The smallest absolute Gasteiger partial charge is 0.271 e. The second-order valence-electron chi connectivity index (χ2n) is 6.75. The van der Waals surface area contributed by atoms with Crippen molar-refractivity contribution >= 4 is 34.6 Å². The first-order valence-electron chi connectivity index (χ1n) is 9.09. The lowest BCUT2D eigenvalue weighted by atomic mass is 10.2. The van der Waals surface area contributed by atoms with Gasteiger partial charge in [0.15, 0.2) is 0 Å². The lowest BCUT2D eigenvalue weighted by Gasteiger charge is -2.07. The van der Waals surface area contributed by atoms with Crippen LogP contribution in [0.4, 0.5) is 11.4 Å². The van der Waals surface area contributed by atoms with Crippen LogP contribution in [0, 0.1) is 27.2 Å². The lowest BCUT2D eigenvalue weighted by molar-refractivity contribution is -0.385. The number of nitrogens with zero attached hydrogens (tertiary/aromatic N) is 4. The zero-order chi connectivity index (χ0) is 21.3. The third-order valence-corrected chi connectivity index (χ3v) is 4.70. The van der Waals surface area contributed by atoms with Crippen molar-refractivity contribution in [2.24, 2.45) is 0 Å². The molecule has 1 aromatic heterocycles. The third kappa shape index (κ3) is 3.66. The van der Waals surface area contributed by atoms with E-state index >= 15 is 0 Å². The van der Waals surface area contributed by atoms with E-state index in [1.807, 2.05) is 35.8 Å². The fourth-order valence-corrected chi connectivity index (χ4v) is 3.16. The van der Waals surface area contributed by atoms with Gasteiger partial charge in [0.2, 0.25) is 0 Å². The summed E-state index contributed by atoms with van der Waals surface area (Å²) in [5.74, 6) is 0.590. The molecule has 0 unspecified atom stereocenters. The molecule has 0 atom stereocenters. The van der Waals surface area contributed by atoms with E-state index in [4.69, 9.17) is 0 Å². The topological polar surface area (TPSA) is 104 Å². The molecule has 0 aliphatic heterocycles. The molecule has 1 heterocycles. The first kappa shape index (κ1) is 19.0. The zero-order valence-corrected chi connectivity index (χ0v) is 15.9. The van der Waals surface area contributed by atoms with Crippen LogP contribution in [0.15, 0.2) is 66.7 Å². The summed E-state index contributed by atoms with van der Waals surface area (Å²) >= 11 is 0. The molecule has 0 aliphatic carbocycles. The maximum absolute atomic E-state index is 11.1. The lowest BCUT2D eigenvalue weighted by Crippen LogP contribution is -1.97. The summed E-state index contributed by atoms with van der Waals surface area (Å²) in [5.41, 5.74) is 4.01. The van der Waals surface area contributed by atoms with Crippen molar-refractivity contribution in [2.45, 2.75) is 6.92 Å². The Hall–Kier alpha value is -4.33. The van der Waals surface area contributed by atoms with Crippen LogP contribution in [0.25, 0.3) is 28.9 Å². The van der Waals surface area contributed by atoms with Crippen LogP contribution in [0.3, 0.4) is 0 Å². The van der Waals surface area contributed by atoms with Gasteiger partial charge in [-0.2, -0.15) is 0 Å². The summed E-state index contributed by atoms with van der Waals surface area (Å²) in [6.07, 6.45) is 3.58.